The van der Waals surface area contributed by atoms with Crippen LogP contribution in [0.2, 0.25) is 0 Å². The van der Waals surface area contributed by atoms with Gasteiger partial charge in [-0.15, -0.1) is 0 Å². The maximum absolute atomic E-state index is 5.19. The van der Waals surface area contributed by atoms with E-state index in [1.165, 1.54) is 6.20 Å². The summed E-state index contributed by atoms with van der Waals surface area (Å²) in [7, 11) is 1.98. The second-order valence-electron chi connectivity index (χ2n) is 1.90. The molecule has 2 N–H and O–H groups in total. The number of aryl methyl sites for hydroxylation is 1. The fourth-order valence-electron chi connectivity index (χ4n) is 0.746. The van der Waals surface area contributed by atoms with Crippen LogP contribution in [0.15, 0.2) is 24.5 Å². The topological polar surface area (TPSA) is 30.9 Å². The van der Waals surface area contributed by atoms with Crippen molar-refractivity contribution in [2.24, 2.45) is 12.8 Å². The Bertz CT molecular complexity index is 210. The molecule has 0 atom stereocenters. The Morgan fingerprint density at radius 2 is 2.44 bits per heavy atom. The Kier molecular flexibility index (Phi) is 1.58. The molecule has 0 aliphatic heterocycles. The molecule has 0 aliphatic carbocycles. The molecule has 9 heavy (non-hydrogen) atoms. The summed E-state index contributed by atoms with van der Waals surface area (Å²) in [6.45, 7) is 0. The van der Waals surface area contributed by atoms with Crippen LogP contribution in [0.1, 0.15) is 5.69 Å². The molecule has 0 saturated carbocycles. The Labute approximate surface area is 54.6 Å². The quantitative estimate of drug-likeness (QED) is 0.590. The largest absolute Gasteiger partial charge is 0.405 e. The summed E-state index contributed by atoms with van der Waals surface area (Å²) < 4.78 is 2.00. The van der Waals surface area contributed by atoms with Crippen LogP contribution in [0.4, 0.5) is 0 Å². The molecule has 1 heterocycles. The summed E-state index contributed by atoms with van der Waals surface area (Å²) in [5.74, 6) is 0. The lowest BCUT2D eigenvalue weighted by Gasteiger charge is -1.92. The number of hydrogen-bond acceptors (Lipinski definition) is 1. The second kappa shape index (κ2) is 2.40. The minimum absolute atomic E-state index is 1.12. The molecular formula is C7H10N2. The van der Waals surface area contributed by atoms with Gasteiger partial charge in [0.1, 0.15) is 0 Å². The van der Waals surface area contributed by atoms with Gasteiger partial charge in [0.2, 0.25) is 0 Å². The molecule has 0 unspecified atom stereocenters. The van der Waals surface area contributed by atoms with Crippen molar-refractivity contribution in [1.29, 1.82) is 0 Å². The number of rotatable bonds is 1. The third kappa shape index (κ3) is 1.13. The van der Waals surface area contributed by atoms with Crippen molar-refractivity contribution < 1.29 is 0 Å². The Morgan fingerprint density at radius 3 is 2.89 bits per heavy atom. The standard InChI is InChI=1S/C7H10N2/c1-9-6-2-3-7(9)4-5-8/h2-6H,8H2,1H3. The molecule has 0 fully saturated rings. The highest BCUT2D eigenvalue weighted by Gasteiger charge is 1.86. The van der Waals surface area contributed by atoms with Crippen molar-refractivity contribution in [3.05, 3.63) is 30.2 Å². The first-order chi connectivity index (χ1) is 4.34. The lowest BCUT2D eigenvalue weighted by molar-refractivity contribution is 0.914. The molecule has 0 amide bonds. The lowest BCUT2D eigenvalue weighted by atomic mass is 10.4. The van der Waals surface area contributed by atoms with Crippen LogP contribution in [0.3, 0.4) is 0 Å². The summed E-state index contributed by atoms with van der Waals surface area (Å²) >= 11 is 0. The molecular weight excluding hydrogens is 112 g/mol. The van der Waals surface area contributed by atoms with Gasteiger partial charge in [0.15, 0.2) is 0 Å². The molecule has 0 bridgehead atoms. The summed E-state index contributed by atoms with van der Waals surface area (Å²) in [5.41, 5.74) is 6.32. The maximum atomic E-state index is 5.19. The van der Waals surface area contributed by atoms with Gasteiger partial charge in [0, 0.05) is 18.9 Å². The number of nitrogens with zero attached hydrogens (tertiary/aromatic N) is 1. The minimum atomic E-state index is 1.12. The first-order valence-electron chi connectivity index (χ1n) is 2.84. The predicted molar refractivity (Wildman–Crippen MR) is 38.6 cm³/mol. The molecule has 0 saturated heterocycles. The van der Waals surface area contributed by atoms with Crippen LogP contribution < -0.4 is 5.73 Å². The SMILES string of the molecule is Cn1cccc1C=CN. The van der Waals surface area contributed by atoms with Gasteiger partial charge in [0.05, 0.1) is 0 Å². The van der Waals surface area contributed by atoms with Crippen molar-refractivity contribution in [3.63, 3.8) is 0 Å². The first-order valence-corrected chi connectivity index (χ1v) is 2.84. The van der Waals surface area contributed by atoms with Crippen LogP contribution in [0.25, 0.3) is 6.08 Å². The predicted octanol–water partition coefficient (Wildman–Crippen LogP) is 0.954. The monoisotopic (exact) mass is 122 g/mol. The number of aromatic nitrogens is 1. The van der Waals surface area contributed by atoms with E-state index in [4.69, 9.17) is 5.73 Å². The van der Waals surface area contributed by atoms with E-state index in [9.17, 15) is 0 Å². The van der Waals surface area contributed by atoms with E-state index in [-0.39, 0.29) is 0 Å². The molecule has 0 spiro atoms. The van der Waals surface area contributed by atoms with E-state index in [1.54, 1.807) is 0 Å². The van der Waals surface area contributed by atoms with Gasteiger partial charge in [-0.25, -0.2) is 0 Å². The third-order valence-corrected chi connectivity index (χ3v) is 1.25. The van der Waals surface area contributed by atoms with E-state index in [0.29, 0.717) is 0 Å². The van der Waals surface area contributed by atoms with Crippen molar-refractivity contribution in [2.75, 3.05) is 0 Å². The Hall–Kier alpha value is -1.18. The summed E-state index contributed by atoms with van der Waals surface area (Å²) in [6.07, 6.45) is 5.38. The molecule has 48 valence electrons. The van der Waals surface area contributed by atoms with Crippen LogP contribution in [-0.4, -0.2) is 4.57 Å². The van der Waals surface area contributed by atoms with E-state index in [2.05, 4.69) is 0 Å². The van der Waals surface area contributed by atoms with Gasteiger partial charge in [-0.05, 0) is 24.4 Å². The average Bonchev–Trinajstić information content (AvgIpc) is 2.18. The van der Waals surface area contributed by atoms with Crippen molar-refractivity contribution in [1.82, 2.24) is 4.57 Å². The molecule has 0 aromatic carbocycles. The van der Waals surface area contributed by atoms with E-state index >= 15 is 0 Å². The van der Waals surface area contributed by atoms with Gasteiger partial charge < -0.3 is 10.3 Å². The molecule has 0 aliphatic rings. The lowest BCUT2D eigenvalue weighted by Crippen LogP contribution is -1.87. The number of hydrogen-bond donors (Lipinski definition) is 1. The second-order valence-corrected chi connectivity index (χ2v) is 1.90. The molecule has 2 nitrogen and oxygen atoms in total. The Balaban J connectivity index is 2.94. The summed E-state index contributed by atoms with van der Waals surface area (Å²) in [6, 6.07) is 3.98. The van der Waals surface area contributed by atoms with Gasteiger partial charge in [-0.1, -0.05) is 0 Å². The molecule has 1 aromatic rings. The van der Waals surface area contributed by atoms with E-state index < -0.39 is 0 Å². The maximum Gasteiger partial charge on any atom is 0.0418 e. The highest BCUT2D eigenvalue weighted by molar-refractivity contribution is 5.44. The zero-order valence-electron chi connectivity index (χ0n) is 5.41. The van der Waals surface area contributed by atoms with Gasteiger partial charge in [-0.3, -0.25) is 0 Å². The van der Waals surface area contributed by atoms with Gasteiger partial charge in [0.25, 0.3) is 0 Å². The summed E-state index contributed by atoms with van der Waals surface area (Å²) in [4.78, 5) is 0. The summed E-state index contributed by atoms with van der Waals surface area (Å²) in [5, 5.41) is 0. The van der Waals surface area contributed by atoms with Crippen molar-refractivity contribution >= 4 is 6.08 Å². The molecule has 1 rings (SSSR count). The highest BCUT2D eigenvalue weighted by atomic mass is 14.9. The fraction of sp³-hybridized carbons (Fsp3) is 0.143. The highest BCUT2D eigenvalue weighted by Crippen LogP contribution is 1.99. The minimum Gasteiger partial charge on any atom is -0.405 e. The van der Waals surface area contributed by atoms with Crippen LogP contribution in [0, 0.1) is 0 Å². The fourth-order valence-corrected chi connectivity index (χ4v) is 0.746. The zero-order chi connectivity index (χ0) is 6.69. The molecule has 0 radical (unpaired) electrons. The van der Waals surface area contributed by atoms with Gasteiger partial charge in [-0.2, -0.15) is 0 Å². The van der Waals surface area contributed by atoms with E-state index in [0.717, 1.165) is 5.69 Å². The van der Waals surface area contributed by atoms with Crippen LogP contribution in [-0.2, 0) is 7.05 Å². The van der Waals surface area contributed by atoms with Crippen LogP contribution >= 0.6 is 0 Å². The van der Waals surface area contributed by atoms with Crippen molar-refractivity contribution in [2.45, 2.75) is 0 Å². The molecule has 1 aromatic heterocycles. The average molecular weight is 122 g/mol. The van der Waals surface area contributed by atoms with Crippen LogP contribution in [0.5, 0.6) is 0 Å². The van der Waals surface area contributed by atoms with E-state index in [1.807, 2.05) is 36.0 Å². The zero-order valence-corrected chi connectivity index (χ0v) is 5.41. The van der Waals surface area contributed by atoms with Crippen molar-refractivity contribution in [3.8, 4) is 0 Å². The number of nitrogens with two attached hydrogens (primary N) is 1. The van der Waals surface area contributed by atoms with Gasteiger partial charge >= 0.3 is 0 Å². The smallest absolute Gasteiger partial charge is 0.0418 e. The normalized spacial score (nSPS) is 10.8. The third-order valence-electron chi connectivity index (χ3n) is 1.25. The molecule has 2 heteroatoms. The first kappa shape index (κ1) is 5.95. The Morgan fingerprint density at radius 1 is 1.67 bits per heavy atom.